The molecule has 3 amide bonds. The Morgan fingerprint density at radius 3 is 2.41 bits per heavy atom. The average molecular weight is 568 g/mol. The van der Waals surface area contributed by atoms with Crippen LogP contribution < -0.4 is 35.2 Å². The minimum atomic E-state index is -0.763. The predicted molar refractivity (Wildman–Crippen MR) is 155 cm³/mol. The maximum atomic E-state index is 12.6. The number of carbonyl (C=O) groups excluding carboxylic acids is 3. The summed E-state index contributed by atoms with van der Waals surface area (Å²) in [7, 11) is 3.03. The Morgan fingerprint density at radius 1 is 1.02 bits per heavy atom. The highest BCUT2D eigenvalue weighted by molar-refractivity contribution is 5.95. The number of nitrogens with one attached hydrogen (secondary N) is 3. The quantitative estimate of drug-likeness (QED) is 0.190. The lowest BCUT2D eigenvalue weighted by atomic mass is 9.95. The second-order valence-corrected chi connectivity index (χ2v) is 8.88. The van der Waals surface area contributed by atoms with Gasteiger partial charge in [0, 0.05) is 36.1 Å². The first-order chi connectivity index (χ1) is 19.8. The van der Waals surface area contributed by atoms with Crippen molar-refractivity contribution in [3.05, 3.63) is 58.8 Å². The Balaban J connectivity index is 1.67. The summed E-state index contributed by atoms with van der Waals surface area (Å²) < 4.78 is 21.8. The van der Waals surface area contributed by atoms with Gasteiger partial charge in [-0.2, -0.15) is 5.10 Å². The number of esters is 1. The van der Waals surface area contributed by atoms with Gasteiger partial charge in [-0.05, 0) is 57.5 Å². The number of hydrazone groups is 1. The monoisotopic (exact) mass is 567 g/mol. The fourth-order valence-corrected chi connectivity index (χ4v) is 4.35. The van der Waals surface area contributed by atoms with Crippen LogP contribution in [0.1, 0.15) is 44.9 Å². The average Bonchev–Trinajstić information content (AvgIpc) is 2.96. The molecule has 3 rings (SSSR count). The van der Waals surface area contributed by atoms with Crippen molar-refractivity contribution in [2.24, 2.45) is 5.10 Å². The van der Waals surface area contributed by atoms with Gasteiger partial charge in [-0.15, -0.1) is 0 Å². The number of amides is 3. The number of rotatable bonds is 13. The van der Waals surface area contributed by atoms with Crippen molar-refractivity contribution >= 4 is 29.8 Å². The van der Waals surface area contributed by atoms with Crippen molar-refractivity contribution in [2.75, 3.05) is 45.4 Å². The third kappa shape index (κ3) is 7.68. The number of benzene rings is 2. The summed E-state index contributed by atoms with van der Waals surface area (Å²) in [6.45, 7) is 9.10. The number of urea groups is 1. The first kappa shape index (κ1) is 30.8. The van der Waals surface area contributed by atoms with Gasteiger partial charge >= 0.3 is 12.0 Å². The van der Waals surface area contributed by atoms with E-state index in [0.717, 1.165) is 18.8 Å². The molecule has 0 saturated carbocycles. The second-order valence-electron chi connectivity index (χ2n) is 8.88. The van der Waals surface area contributed by atoms with Crippen LogP contribution >= 0.6 is 0 Å². The van der Waals surface area contributed by atoms with E-state index in [-0.39, 0.29) is 18.8 Å². The van der Waals surface area contributed by atoms with Crippen molar-refractivity contribution in [3.8, 4) is 17.2 Å². The van der Waals surface area contributed by atoms with Gasteiger partial charge in [-0.3, -0.25) is 4.79 Å². The predicted octanol–water partition coefficient (Wildman–Crippen LogP) is 3.27. The fourth-order valence-electron chi connectivity index (χ4n) is 4.35. The summed E-state index contributed by atoms with van der Waals surface area (Å²) in [6, 6.07) is 9.46. The molecule has 1 atom stereocenters. The van der Waals surface area contributed by atoms with Crippen LogP contribution in [0.2, 0.25) is 0 Å². The molecule has 220 valence electrons. The third-order valence-corrected chi connectivity index (χ3v) is 6.38. The van der Waals surface area contributed by atoms with Crippen molar-refractivity contribution in [3.63, 3.8) is 0 Å². The molecule has 0 unspecified atom stereocenters. The molecular formula is C29H37N5O7. The first-order valence-electron chi connectivity index (χ1n) is 13.3. The molecule has 0 spiro atoms. The molecule has 0 saturated heterocycles. The molecule has 2 aromatic carbocycles. The van der Waals surface area contributed by atoms with E-state index in [4.69, 9.17) is 18.9 Å². The Kier molecular flexibility index (Phi) is 11.0. The molecular weight excluding hydrogens is 530 g/mol. The van der Waals surface area contributed by atoms with Gasteiger partial charge in [0.1, 0.15) is 5.75 Å². The molecule has 1 aliphatic rings. The Bertz CT molecular complexity index is 1320. The summed E-state index contributed by atoms with van der Waals surface area (Å²) in [6.07, 6.45) is 1.50. The maximum Gasteiger partial charge on any atom is 0.338 e. The largest absolute Gasteiger partial charge is 0.496 e. The van der Waals surface area contributed by atoms with Crippen LogP contribution in [-0.2, 0) is 14.3 Å². The smallest absolute Gasteiger partial charge is 0.338 e. The molecule has 0 aromatic heterocycles. The summed E-state index contributed by atoms with van der Waals surface area (Å²) in [5, 5.41) is 9.36. The number of hydrogen-bond donors (Lipinski definition) is 3. The van der Waals surface area contributed by atoms with E-state index in [2.05, 4.69) is 39.9 Å². The number of anilines is 1. The number of ether oxygens (including phenoxy) is 4. The van der Waals surface area contributed by atoms with Crippen molar-refractivity contribution in [1.82, 2.24) is 16.1 Å². The van der Waals surface area contributed by atoms with Gasteiger partial charge < -0.3 is 34.5 Å². The van der Waals surface area contributed by atoms with E-state index in [1.54, 1.807) is 39.2 Å². The zero-order valence-electron chi connectivity index (χ0n) is 24.2. The Labute approximate surface area is 239 Å². The summed E-state index contributed by atoms with van der Waals surface area (Å²) in [5.74, 6) is 0.207. The van der Waals surface area contributed by atoms with Crippen LogP contribution in [-0.4, -0.2) is 64.6 Å². The molecule has 0 aliphatic carbocycles. The van der Waals surface area contributed by atoms with Crippen molar-refractivity contribution < 1.29 is 33.3 Å². The number of methoxy groups -OCH3 is 2. The number of carbonyl (C=O) groups is 3. The molecule has 0 fully saturated rings. The standard InChI is InChI=1S/C29H37N5O7/c1-7-34(8-2)21-12-10-20(23(15-21)38-5)16-30-33-25(35)17-41-22-13-11-19(14-24(22)39-6)27-26(28(36)40-9-3)18(4)31-29(37)32-27/h10-16,27H,7-9,17H2,1-6H3,(H,33,35)(H2,31,32,37)/b30-16-/t27-/m0/s1. The lowest BCUT2D eigenvalue weighted by Crippen LogP contribution is -2.45. The lowest BCUT2D eigenvalue weighted by Gasteiger charge is -2.28. The highest BCUT2D eigenvalue weighted by Gasteiger charge is 2.32. The van der Waals surface area contributed by atoms with Crippen molar-refractivity contribution in [1.29, 1.82) is 0 Å². The van der Waals surface area contributed by atoms with Crippen LogP contribution in [0.5, 0.6) is 17.2 Å². The Morgan fingerprint density at radius 2 is 1.76 bits per heavy atom. The van der Waals surface area contributed by atoms with Crippen LogP contribution in [0.25, 0.3) is 0 Å². The van der Waals surface area contributed by atoms with Gasteiger partial charge in [0.05, 0.1) is 38.7 Å². The highest BCUT2D eigenvalue weighted by atomic mass is 16.5. The summed E-state index contributed by atoms with van der Waals surface area (Å²) in [5.41, 5.74) is 5.42. The molecule has 12 heteroatoms. The molecule has 3 N–H and O–H groups in total. The zero-order valence-corrected chi connectivity index (χ0v) is 24.2. The van der Waals surface area contributed by atoms with Crippen LogP contribution in [0.15, 0.2) is 52.8 Å². The van der Waals surface area contributed by atoms with Crippen molar-refractivity contribution in [2.45, 2.75) is 33.7 Å². The van der Waals surface area contributed by atoms with E-state index >= 15 is 0 Å². The van der Waals surface area contributed by atoms with Gasteiger partial charge in [-0.1, -0.05) is 6.07 Å². The molecule has 2 aromatic rings. The molecule has 41 heavy (non-hydrogen) atoms. The van der Waals surface area contributed by atoms with E-state index in [0.29, 0.717) is 34.1 Å². The zero-order chi connectivity index (χ0) is 29.9. The number of allylic oxidation sites excluding steroid dienone is 1. The van der Waals surface area contributed by atoms with Crippen LogP contribution in [0.3, 0.4) is 0 Å². The van der Waals surface area contributed by atoms with Gasteiger partial charge in [-0.25, -0.2) is 15.0 Å². The molecule has 0 bridgehead atoms. The van der Waals surface area contributed by atoms with Gasteiger partial charge in [0.2, 0.25) is 0 Å². The maximum absolute atomic E-state index is 12.6. The van der Waals surface area contributed by atoms with Gasteiger partial charge in [0.15, 0.2) is 18.1 Å². The fraction of sp³-hybridized carbons (Fsp3) is 0.379. The van der Waals surface area contributed by atoms with Crippen LogP contribution in [0, 0.1) is 0 Å². The highest BCUT2D eigenvalue weighted by Crippen LogP contribution is 2.34. The minimum Gasteiger partial charge on any atom is -0.496 e. The second kappa shape index (κ2) is 14.6. The topological polar surface area (TPSA) is 140 Å². The SMILES string of the molecule is CCOC(=O)C1=C(C)NC(=O)N[C@H]1c1ccc(OCC(=O)N/N=C\c2ccc(N(CC)CC)cc2OC)c(OC)c1. The first-order valence-corrected chi connectivity index (χ1v) is 13.3. The van der Waals surface area contributed by atoms with E-state index < -0.39 is 23.9 Å². The third-order valence-electron chi connectivity index (χ3n) is 6.38. The summed E-state index contributed by atoms with van der Waals surface area (Å²) >= 11 is 0. The molecule has 12 nitrogen and oxygen atoms in total. The molecule has 1 heterocycles. The van der Waals surface area contributed by atoms with Gasteiger partial charge in [0.25, 0.3) is 5.91 Å². The minimum absolute atomic E-state index is 0.189. The number of hydrogen-bond acceptors (Lipinski definition) is 9. The molecule has 0 radical (unpaired) electrons. The lowest BCUT2D eigenvalue weighted by molar-refractivity contribution is -0.139. The number of nitrogens with zero attached hydrogens (tertiary/aromatic N) is 2. The molecule has 1 aliphatic heterocycles. The Hall–Kier alpha value is -4.74. The normalized spacial score (nSPS) is 14.7. The summed E-state index contributed by atoms with van der Waals surface area (Å²) in [4.78, 5) is 39.3. The van der Waals surface area contributed by atoms with E-state index in [1.807, 2.05) is 18.2 Å². The van der Waals surface area contributed by atoms with E-state index in [1.165, 1.54) is 13.3 Å². The van der Waals surface area contributed by atoms with E-state index in [9.17, 15) is 14.4 Å². The van der Waals surface area contributed by atoms with Crippen LogP contribution in [0.4, 0.5) is 10.5 Å².